The van der Waals surface area contributed by atoms with E-state index in [4.69, 9.17) is 15.1 Å². The zero-order valence-corrected chi connectivity index (χ0v) is 8.80. The molecule has 0 radical (unpaired) electrons. The number of methoxy groups -OCH3 is 1. The quantitative estimate of drug-likeness (QED) is 0.837. The van der Waals surface area contributed by atoms with Crippen LogP contribution in [-0.4, -0.2) is 18.2 Å². The Morgan fingerprint density at radius 1 is 1.62 bits per heavy atom. The molecule has 1 aromatic rings. The van der Waals surface area contributed by atoms with Gasteiger partial charge >= 0.3 is 5.97 Å². The summed E-state index contributed by atoms with van der Waals surface area (Å²) in [6.45, 7) is 0. The fourth-order valence-corrected chi connectivity index (χ4v) is 1.19. The number of benzene rings is 1. The minimum atomic E-state index is -0.905. The third kappa shape index (κ3) is 3.14. The van der Waals surface area contributed by atoms with E-state index in [0.717, 1.165) is 0 Å². The summed E-state index contributed by atoms with van der Waals surface area (Å²) in [5, 5.41) is 17.3. The van der Waals surface area contributed by atoms with Crippen molar-refractivity contribution in [2.45, 2.75) is 6.42 Å². The van der Waals surface area contributed by atoms with Crippen molar-refractivity contribution in [2.24, 2.45) is 0 Å². The average Bonchev–Trinajstić information content (AvgIpc) is 2.28. The summed E-state index contributed by atoms with van der Waals surface area (Å²) >= 11 is 0. The van der Waals surface area contributed by atoms with Gasteiger partial charge in [-0.2, -0.15) is 5.26 Å². The highest BCUT2D eigenvalue weighted by Crippen LogP contribution is 2.18. The monoisotopic (exact) mass is 217 g/mol. The van der Waals surface area contributed by atoms with Gasteiger partial charge in [0, 0.05) is 0 Å². The van der Waals surface area contributed by atoms with Gasteiger partial charge in [0.2, 0.25) is 0 Å². The van der Waals surface area contributed by atoms with Gasteiger partial charge in [-0.3, -0.25) is 4.79 Å². The molecule has 0 aliphatic carbocycles. The van der Waals surface area contributed by atoms with Crippen LogP contribution in [0, 0.1) is 11.3 Å². The molecule has 0 spiro atoms. The van der Waals surface area contributed by atoms with Gasteiger partial charge in [0.1, 0.15) is 5.75 Å². The Morgan fingerprint density at radius 2 is 2.38 bits per heavy atom. The maximum absolute atomic E-state index is 10.3. The second-order valence-electron chi connectivity index (χ2n) is 3.07. The van der Waals surface area contributed by atoms with Crippen molar-refractivity contribution < 1.29 is 14.6 Å². The number of ether oxygens (including phenoxy) is 1. The van der Waals surface area contributed by atoms with Crippen LogP contribution in [0.25, 0.3) is 6.08 Å². The van der Waals surface area contributed by atoms with Gasteiger partial charge < -0.3 is 9.84 Å². The highest BCUT2D eigenvalue weighted by Gasteiger charge is 2.01. The summed E-state index contributed by atoms with van der Waals surface area (Å²) in [6.07, 6.45) is 3.04. The molecule has 0 amide bonds. The van der Waals surface area contributed by atoms with Gasteiger partial charge in [0.15, 0.2) is 0 Å². The van der Waals surface area contributed by atoms with Crippen LogP contribution in [0.1, 0.15) is 17.5 Å². The minimum absolute atomic E-state index is 0.0674. The molecule has 4 nitrogen and oxygen atoms in total. The standard InChI is InChI=1S/C12H11NO3/c1-16-11-6-5-10(8-13)9(7-11)3-2-4-12(14)15/h2-3,5-7H,4H2,1H3,(H,14,15). The molecule has 0 bridgehead atoms. The molecule has 1 aromatic carbocycles. The van der Waals surface area contributed by atoms with Crippen LogP contribution in [-0.2, 0) is 4.79 Å². The summed E-state index contributed by atoms with van der Waals surface area (Å²) in [5.41, 5.74) is 1.14. The predicted octanol–water partition coefficient (Wildman–Crippen LogP) is 2.05. The SMILES string of the molecule is COc1ccc(C#N)c(C=CCC(=O)O)c1. The second-order valence-corrected chi connectivity index (χ2v) is 3.07. The first kappa shape index (κ1) is 11.8. The topological polar surface area (TPSA) is 70.3 Å². The van der Waals surface area contributed by atoms with E-state index >= 15 is 0 Å². The summed E-state index contributed by atoms with van der Waals surface area (Å²) in [6, 6.07) is 7.05. The van der Waals surface area contributed by atoms with E-state index in [2.05, 4.69) is 0 Å². The maximum atomic E-state index is 10.3. The van der Waals surface area contributed by atoms with Crippen molar-refractivity contribution in [3.63, 3.8) is 0 Å². The molecule has 0 saturated heterocycles. The molecule has 0 aliphatic rings. The van der Waals surface area contributed by atoms with Gasteiger partial charge in [0.05, 0.1) is 25.2 Å². The van der Waals surface area contributed by atoms with E-state index in [-0.39, 0.29) is 6.42 Å². The number of hydrogen-bond acceptors (Lipinski definition) is 3. The first-order valence-electron chi connectivity index (χ1n) is 4.64. The molecule has 0 aromatic heterocycles. The summed E-state index contributed by atoms with van der Waals surface area (Å²) in [5.74, 6) is -0.272. The molecule has 82 valence electrons. The number of nitriles is 1. The van der Waals surface area contributed by atoms with Crippen LogP contribution in [0.2, 0.25) is 0 Å². The lowest BCUT2D eigenvalue weighted by atomic mass is 10.1. The highest BCUT2D eigenvalue weighted by atomic mass is 16.5. The molecule has 1 N–H and O–H groups in total. The zero-order chi connectivity index (χ0) is 12.0. The normalized spacial score (nSPS) is 10.0. The average molecular weight is 217 g/mol. The number of rotatable bonds is 4. The van der Waals surface area contributed by atoms with Crippen molar-refractivity contribution in [1.82, 2.24) is 0 Å². The van der Waals surface area contributed by atoms with E-state index in [0.29, 0.717) is 16.9 Å². The number of nitrogens with zero attached hydrogens (tertiary/aromatic N) is 1. The molecular formula is C12H11NO3. The zero-order valence-electron chi connectivity index (χ0n) is 8.80. The minimum Gasteiger partial charge on any atom is -0.497 e. The van der Waals surface area contributed by atoms with Crippen molar-refractivity contribution in [3.05, 3.63) is 35.4 Å². The second kappa shape index (κ2) is 5.56. The molecule has 0 fully saturated rings. The number of carbonyl (C=O) groups is 1. The molecule has 1 rings (SSSR count). The highest BCUT2D eigenvalue weighted by molar-refractivity contribution is 5.71. The van der Waals surface area contributed by atoms with Crippen molar-refractivity contribution in [2.75, 3.05) is 7.11 Å². The largest absolute Gasteiger partial charge is 0.497 e. The van der Waals surface area contributed by atoms with E-state index in [1.165, 1.54) is 13.2 Å². The van der Waals surface area contributed by atoms with Crippen molar-refractivity contribution in [3.8, 4) is 11.8 Å². The third-order valence-corrected chi connectivity index (χ3v) is 1.97. The Morgan fingerprint density at radius 3 is 2.94 bits per heavy atom. The summed E-state index contributed by atoms with van der Waals surface area (Å²) in [7, 11) is 1.53. The molecular weight excluding hydrogens is 206 g/mol. The lowest BCUT2D eigenvalue weighted by molar-refractivity contribution is -0.135. The molecule has 0 aliphatic heterocycles. The van der Waals surface area contributed by atoms with Crippen LogP contribution in [0.4, 0.5) is 0 Å². The van der Waals surface area contributed by atoms with Gasteiger partial charge in [-0.1, -0.05) is 12.2 Å². The van der Waals surface area contributed by atoms with Gasteiger partial charge in [-0.25, -0.2) is 0 Å². The first-order valence-corrected chi connectivity index (χ1v) is 4.64. The fourth-order valence-electron chi connectivity index (χ4n) is 1.19. The van der Waals surface area contributed by atoms with E-state index in [1.807, 2.05) is 6.07 Å². The Balaban J connectivity index is 2.96. The van der Waals surface area contributed by atoms with Gasteiger partial charge in [0.25, 0.3) is 0 Å². The van der Waals surface area contributed by atoms with Gasteiger partial charge in [-0.05, 0) is 23.8 Å². The van der Waals surface area contributed by atoms with Gasteiger partial charge in [-0.15, -0.1) is 0 Å². The number of hydrogen-bond donors (Lipinski definition) is 1. The van der Waals surface area contributed by atoms with E-state index in [1.54, 1.807) is 24.3 Å². The molecule has 0 unspecified atom stereocenters. The lowest BCUT2D eigenvalue weighted by Crippen LogP contribution is -1.90. The molecule has 0 atom stereocenters. The van der Waals surface area contributed by atoms with Crippen molar-refractivity contribution >= 4 is 12.0 Å². The summed E-state index contributed by atoms with van der Waals surface area (Å²) in [4.78, 5) is 10.3. The van der Waals surface area contributed by atoms with Crippen LogP contribution < -0.4 is 4.74 Å². The van der Waals surface area contributed by atoms with E-state index in [9.17, 15) is 4.79 Å². The molecule has 4 heteroatoms. The van der Waals surface area contributed by atoms with Crippen LogP contribution in [0.5, 0.6) is 5.75 Å². The number of carboxylic acids is 1. The Bertz CT molecular complexity index is 458. The predicted molar refractivity (Wildman–Crippen MR) is 59.0 cm³/mol. The molecule has 0 heterocycles. The fraction of sp³-hybridized carbons (Fsp3) is 0.167. The number of carboxylic acid groups (broad SMARTS) is 1. The third-order valence-electron chi connectivity index (χ3n) is 1.97. The smallest absolute Gasteiger partial charge is 0.307 e. The first-order chi connectivity index (χ1) is 7.67. The van der Waals surface area contributed by atoms with Crippen LogP contribution in [0.15, 0.2) is 24.3 Å². The molecule has 16 heavy (non-hydrogen) atoms. The summed E-state index contributed by atoms with van der Waals surface area (Å²) < 4.78 is 5.02. The van der Waals surface area contributed by atoms with Crippen molar-refractivity contribution in [1.29, 1.82) is 5.26 Å². The van der Waals surface area contributed by atoms with Crippen LogP contribution >= 0.6 is 0 Å². The number of aliphatic carboxylic acids is 1. The Labute approximate surface area is 93.4 Å². The van der Waals surface area contributed by atoms with Crippen LogP contribution in [0.3, 0.4) is 0 Å². The Hall–Kier alpha value is -2.28. The molecule has 0 saturated carbocycles. The Kier molecular flexibility index (Phi) is 4.10. The maximum Gasteiger partial charge on any atom is 0.307 e. The lowest BCUT2D eigenvalue weighted by Gasteiger charge is -2.02. The van der Waals surface area contributed by atoms with E-state index < -0.39 is 5.97 Å².